The van der Waals surface area contributed by atoms with E-state index in [4.69, 9.17) is 4.74 Å². The molecule has 3 N–H and O–H groups in total. The van der Waals surface area contributed by atoms with Gasteiger partial charge in [-0.05, 0) is 48.6 Å². The third kappa shape index (κ3) is 6.34. The topological polar surface area (TPSA) is 61.7 Å². The van der Waals surface area contributed by atoms with Gasteiger partial charge in [-0.25, -0.2) is 0 Å². The van der Waals surface area contributed by atoms with Gasteiger partial charge in [0.05, 0.1) is 18.3 Å². The van der Waals surface area contributed by atoms with Crippen molar-refractivity contribution in [2.75, 3.05) is 19.8 Å². The lowest BCUT2D eigenvalue weighted by Crippen LogP contribution is -2.43. The first-order valence-corrected chi connectivity index (χ1v) is 10.1. The molecule has 1 saturated carbocycles. The standard InChI is InChI=1S/C22H37NO3/c1-16(2)14-26-15-21(24)13-23-20-9-11-22(25,12-10-20)19-7-5-18(6-8-19)17(3)4/h5-8,16-17,20-21,23-25H,9-15H2,1-4H3/t20?,21-,22?/m0/s1. The van der Waals surface area contributed by atoms with Crippen molar-refractivity contribution in [2.24, 2.45) is 5.92 Å². The van der Waals surface area contributed by atoms with Crippen molar-refractivity contribution >= 4 is 0 Å². The Morgan fingerprint density at radius 2 is 1.69 bits per heavy atom. The smallest absolute Gasteiger partial charge is 0.0897 e. The Labute approximate surface area is 159 Å². The van der Waals surface area contributed by atoms with Crippen LogP contribution in [0.4, 0.5) is 0 Å². The molecule has 0 saturated heterocycles. The maximum Gasteiger partial charge on any atom is 0.0897 e. The zero-order valence-corrected chi connectivity index (χ0v) is 16.9. The Bertz CT molecular complexity index is 519. The van der Waals surface area contributed by atoms with Crippen LogP contribution < -0.4 is 5.32 Å². The van der Waals surface area contributed by atoms with Crippen molar-refractivity contribution in [3.63, 3.8) is 0 Å². The van der Waals surface area contributed by atoms with E-state index in [1.54, 1.807) is 0 Å². The SMILES string of the molecule is CC(C)COC[C@@H](O)CNC1CCC(O)(c2ccc(C(C)C)cc2)CC1. The first-order chi connectivity index (χ1) is 12.3. The largest absolute Gasteiger partial charge is 0.389 e. The summed E-state index contributed by atoms with van der Waals surface area (Å²) in [5.41, 5.74) is 1.62. The van der Waals surface area contributed by atoms with Crippen LogP contribution in [0.5, 0.6) is 0 Å². The molecule has 1 aliphatic rings. The maximum atomic E-state index is 11.0. The highest BCUT2D eigenvalue weighted by atomic mass is 16.5. The number of aliphatic hydroxyl groups is 2. The lowest BCUT2D eigenvalue weighted by atomic mass is 9.77. The molecule has 4 nitrogen and oxygen atoms in total. The van der Waals surface area contributed by atoms with Gasteiger partial charge < -0.3 is 20.3 Å². The average molecular weight is 364 g/mol. The van der Waals surface area contributed by atoms with E-state index in [0.29, 0.717) is 37.6 Å². The molecule has 0 unspecified atom stereocenters. The summed E-state index contributed by atoms with van der Waals surface area (Å²) in [5.74, 6) is 0.996. The van der Waals surface area contributed by atoms with Crippen LogP contribution in [0, 0.1) is 5.92 Å². The third-order valence-electron chi connectivity index (χ3n) is 5.33. The number of rotatable bonds is 9. The third-order valence-corrected chi connectivity index (χ3v) is 5.33. The predicted molar refractivity (Wildman–Crippen MR) is 106 cm³/mol. The molecule has 0 amide bonds. The van der Waals surface area contributed by atoms with Crippen LogP contribution >= 0.6 is 0 Å². The summed E-state index contributed by atoms with van der Waals surface area (Å²) in [6, 6.07) is 8.79. The predicted octanol–water partition coefficient (Wildman–Crippen LogP) is 3.56. The summed E-state index contributed by atoms with van der Waals surface area (Å²) >= 11 is 0. The molecule has 1 atom stereocenters. The summed E-state index contributed by atoms with van der Waals surface area (Å²) in [5, 5.41) is 24.5. The molecule has 0 aliphatic heterocycles. The van der Waals surface area contributed by atoms with E-state index >= 15 is 0 Å². The lowest BCUT2D eigenvalue weighted by molar-refractivity contribution is -0.0118. The fraction of sp³-hybridized carbons (Fsp3) is 0.727. The first-order valence-electron chi connectivity index (χ1n) is 10.1. The van der Waals surface area contributed by atoms with Crippen molar-refractivity contribution in [2.45, 2.75) is 77.0 Å². The molecule has 26 heavy (non-hydrogen) atoms. The van der Waals surface area contributed by atoms with Gasteiger partial charge in [-0.15, -0.1) is 0 Å². The summed E-state index contributed by atoms with van der Waals surface area (Å²) in [7, 11) is 0. The minimum absolute atomic E-state index is 0.352. The summed E-state index contributed by atoms with van der Waals surface area (Å²) in [6.07, 6.45) is 2.87. The van der Waals surface area contributed by atoms with E-state index in [2.05, 4.69) is 57.3 Å². The van der Waals surface area contributed by atoms with E-state index in [9.17, 15) is 10.2 Å². The normalized spacial score (nSPS) is 25.0. The van der Waals surface area contributed by atoms with Gasteiger partial charge in [-0.1, -0.05) is 52.0 Å². The highest BCUT2D eigenvalue weighted by molar-refractivity contribution is 5.29. The van der Waals surface area contributed by atoms with Gasteiger partial charge in [-0.3, -0.25) is 0 Å². The van der Waals surface area contributed by atoms with Gasteiger partial charge in [0.1, 0.15) is 0 Å². The number of aliphatic hydroxyl groups excluding tert-OH is 1. The number of ether oxygens (including phenoxy) is 1. The minimum atomic E-state index is -0.716. The highest BCUT2D eigenvalue weighted by Gasteiger charge is 2.34. The zero-order chi connectivity index (χ0) is 19.2. The molecule has 4 heteroatoms. The average Bonchev–Trinajstić information content (AvgIpc) is 2.61. The van der Waals surface area contributed by atoms with E-state index in [-0.39, 0.29) is 0 Å². The zero-order valence-electron chi connectivity index (χ0n) is 16.9. The molecular formula is C22H37NO3. The number of hydrogen-bond acceptors (Lipinski definition) is 4. The number of benzene rings is 1. The molecule has 1 fully saturated rings. The van der Waals surface area contributed by atoms with Gasteiger partial charge in [-0.2, -0.15) is 0 Å². The Hall–Kier alpha value is -0.940. The second-order valence-corrected chi connectivity index (χ2v) is 8.58. The highest BCUT2D eigenvalue weighted by Crippen LogP contribution is 2.37. The monoisotopic (exact) mass is 363 g/mol. The fourth-order valence-electron chi connectivity index (χ4n) is 3.57. The van der Waals surface area contributed by atoms with Gasteiger partial charge in [0.15, 0.2) is 0 Å². The van der Waals surface area contributed by atoms with Crippen molar-refractivity contribution in [1.29, 1.82) is 0 Å². The molecule has 0 aromatic heterocycles. The Morgan fingerprint density at radius 3 is 2.23 bits per heavy atom. The van der Waals surface area contributed by atoms with Gasteiger partial charge in [0.2, 0.25) is 0 Å². The minimum Gasteiger partial charge on any atom is -0.389 e. The molecule has 148 valence electrons. The van der Waals surface area contributed by atoms with Gasteiger partial charge >= 0.3 is 0 Å². The fourth-order valence-corrected chi connectivity index (χ4v) is 3.57. The number of hydrogen-bond donors (Lipinski definition) is 3. The molecule has 0 spiro atoms. The quantitative estimate of drug-likeness (QED) is 0.628. The Morgan fingerprint density at radius 1 is 1.08 bits per heavy atom. The second-order valence-electron chi connectivity index (χ2n) is 8.58. The first kappa shape index (κ1) is 21.4. The number of nitrogens with one attached hydrogen (secondary N) is 1. The van der Waals surface area contributed by atoms with E-state index in [1.807, 2.05) is 0 Å². The van der Waals surface area contributed by atoms with Crippen LogP contribution in [-0.4, -0.2) is 42.1 Å². The van der Waals surface area contributed by atoms with Gasteiger partial charge in [0.25, 0.3) is 0 Å². The second kappa shape index (κ2) is 9.84. The van der Waals surface area contributed by atoms with Crippen molar-refractivity contribution < 1.29 is 14.9 Å². The summed E-state index contributed by atoms with van der Waals surface area (Å²) in [4.78, 5) is 0. The maximum absolute atomic E-state index is 11.0. The lowest BCUT2D eigenvalue weighted by Gasteiger charge is -2.37. The van der Waals surface area contributed by atoms with Crippen LogP contribution in [0.15, 0.2) is 24.3 Å². The summed E-state index contributed by atoms with van der Waals surface area (Å²) in [6.45, 7) is 10.2. The van der Waals surface area contributed by atoms with Crippen molar-refractivity contribution in [3.05, 3.63) is 35.4 Å². The van der Waals surface area contributed by atoms with E-state index in [0.717, 1.165) is 31.2 Å². The van der Waals surface area contributed by atoms with Crippen molar-refractivity contribution in [3.8, 4) is 0 Å². The van der Waals surface area contributed by atoms with E-state index in [1.165, 1.54) is 5.56 Å². The molecule has 0 bridgehead atoms. The Balaban J connectivity index is 1.75. The van der Waals surface area contributed by atoms with Crippen LogP contribution in [0.2, 0.25) is 0 Å². The molecule has 1 aromatic carbocycles. The molecule has 0 radical (unpaired) electrons. The van der Waals surface area contributed by atoms with Gasteiger partial charge in [0, 0.05) is 19.2 Å². The summed E-state index contributed by atoms with van der Waals surface area (Å²) < 4.78 is 5.48. The van der Waals surface area contributed by atoms with E-state index < -0.39 is 11.7 Å². The van der Waals surface area contributed by atoms with Crippen LogP contribution in [0.25, 0.3) is 0 Å². The van der Waals surface area contributed by atoms with Crippen LogP contribution in [0.3, 0.4) is 0 Å². The Kier molecular flexibility index (Phi) is 8.08. The molecule has 2 rings (SSSR count). The molecule has 0 heterocycles. The molecular weight excluding hydrogens is 326 g/mol. The molecule has 1 aromatic rings. The van der Waals surface area contributed by atoms with Crippen molar-refractivity contribution in [1.82, 2.24) is 5.32 Å². The van der Waals surface area contributed by atoms with Crippen LogP contribution in [0.1, 0.15) is 70.4 Å². The molecule has 1 aliphatic carbocycles. The van der Waals surface area contributed by atoms with Crippen LogP contribution in [-0.2, 0) is 10.3 Å².